The fourth-order valence-corrected chi connectivity index (χ4v) is 1.32. The Kier molecular flexibility index (Phi) is 7.34. The average molecular weight is 256 g/mol. The van der Waals surface area contributed by atoms with Crippen LogP contribution in [0.15, 0.2) is 0 Å². The predicted molar refractivity (Wildman–Crippen MR) is 57.5 cm³/mol. The van der Waals surface area contributed by atoms with Crippen molar-refractivity contribution in [2.75, 3.05) is 53.6 Å². The van der Waals surface area contributed by atoms with Gasteiger partial charge in [0.15, 0.2) is 0 Å². The van der Waals surface area contributed by atoms with Crippen LogP contribution in [0.2, 0.25) is 0 Å². The quantitative estimate of drug-likeness (QED) is 0.296. The van der Waals surface area contributed by atoms with E-state index in [9.17, 15) is 9.46 Å². The van der Waals surface area contributed by atoms with Crippen LogP contribution >= 0.6 is 7.82 Å². The fourth-order valence-electron chi connectivity index (χ4n) is 1.01. The van der Waals surface area contributed by atoms with E-state index in [-0.39, 0.29) is 6.61 Å². The zero-order valence-electron chi connectivity index (χ0n) is 9.79. The van der Waals surface area contributed by atoms with E-state index in [1.165, 1.54) is 0 Å². The first-order valence-corrected chi connectivity index (χ1v) is 6.54. The molecule has 0 saturated heterocycles. The van der Waals surface area contributed by atoms with Gasteiger partial charge in [0.25, 0.3) is 7.82 Å². The summed E-state index contributed by atoms with van der Waals surface area (Å²) < 4.78 is 20.4. The Bertz CT molecular complexity index is 230. The van der Waals surface area contributed by atoms with Crippen LogP contribution < -0.4 is 10.6 Å². The Labute approximate surface area is 96.0 Å². The maximum Gasteiger partial charge on any atom is 0.265 e. The van der Waals surface area contributed by atoms with Crippen molar-refractivity contribution in [1.29, 1.82) is 0 Å². The molecule has 0 aromatic rings. The topological polar surface area (TPSA) is 105 Å². The predicted octanol–water partition coefficient (Wildman–Crippen LogP) is -1.48. The highest BCUT2D eigenvalue weighted by Crippen LogP contribution is 2.29. The second-order valence-electron chi connectivity index (χ2n) is 4.09. The smallest absolute Gasteiger partial charge is 0.265 e. The number of phosphoric acid groups is 1. The normalized spacial score (nSPS) is 16.1. The number of likely N-dealkylation sites (N-methyl/N-ethyl adjacent to an activating group) is 1. The summed E-state index contributed by atoms with van der Waals surface area (Å²) in [5, 5.41) is 0. The third-order valence-corrected chi connectivity index (χ3v) is 2.56. The molecule has 0 saturated carbocycles. The number of phosphoric ester groups is 1. The molecule has 0 fully saturated rings. The summed E-state index contributed by atoms with van der Waals surface area (Å²) in [6.07, 6.45) is 0. The molecule has 0 aromatic heterocycles. The lowest BCUT2D eigenvalue weighted by Crippen LogP contribution is -2.44. The van der Waals surface area contributed by atoms with Crippen molar-refractivity contribution in [3.63, 3.8) is 0 Å². The second kappa shape index (κ2) is 7.34. The molecule has 0 heterocycles. The molecule has 8 heteroatoms. The van der Waals surface area contributed by atoms with Crippen LogP contribution in [0.25, 0.3) is 0 Å². The SMILES string of the molecule is C[N+](C)(CCOCCN)CCOP(=O)([O-])O. The van der Waals surface area contributed by atoms with Crippen molar-refractivity contribution in [3.05, 3.63) is 0 Å². The first-order valence-electron chi connectivity index (χ1n) is 5.05. The van der Waals surface area contributed by atoms with Crippen molar-refractivity contribution < 1.29 is 28.1 Å². The van der Waals surface area contributed by atoms with Crippen molar-refractivity contribution in [3.8, 4) is 0 Å². The van der Waals surface area contributed by atoms with Crippen molar-refractivity contribution in [2.45, 2.75) is 0 Å². The van der Waals surface area contributed by atoms with Crippen LogP contribution in [0.1, 0.15) is 0 Å². The number of ether oxygens (including phenoxy) is 1. The maximum absolute atomic E-state index is 10.3. The number of quaternary nitrogens is 1. The van der Waals surface area contributed by atoms with Gasteiger partial charge in [0.05, 0.1) is 27.3 Å². The summed E-state index contributed by atoms with van der Waals surface area (Å²) in [6.45, 7) is 2.71. The molecule has 0 aliphatic rings. The molecule has 1 atom stereocenters. The highest BCUT2D eigenvalue weighted by molar-refractivity contribution is 7.44. The Morgan fingerprint density at radius 3 is 2.38 bits per heavy atom. The third-order valence-electron chi connectivity index (χ3n) is 2.05. The summed E-state index contributed by atoms with van der Waals surface area (Å²) >= 11 is 0. The number of hydrogen-bond donors (Lipinski definition) is 2. The molecule has 98 valence electrons. The Morgan fingerprint density at radius 2 is 1.88 bits per heavy atom. The van der Waals surface area contributed by atoms with Gasteiger partial charge in [-0.3, -0.25) is 4.57 Å². The Hall–Kier alpha value is -0.0100. The average Bonchev–Trinajstić information content (AvgIpc) is 2.10. The monoisotopic (exact) mass is 256 g/mol. The van der Waals surface area contributed by atoms with Gasteiger partial charge in [-0.2, -0.15) is 0 Å². The van der Waals surface area contributed by atoms with Crippen LogP contribution in [0.3, 0.4) is 0 Å². The van der Waals surface area contributed by atoms with Gasteiger partial charge in [-0.15, -0.1) is 0 Å². The molecular formula is C8H21N2O5P. The molecule has 0 aliphatic carbocycles. The minimum atomic E-state index is -4.60. The molecule has 7 nitrogen and oxygen atoms in total. The molecular weight excluding hydrogens is 235 g/mol. The minimum absolute atomic E-state index is 0.0405. The zero-order valence-corrected chi connectivity index (χ0v) is 10.7. The molecule has 3 N–H and O–H groups in total. The van der Waals surface area contributed by atoms with Crippen LogP contribution in [0.5, 0.6) is 0 Å². The molecule has 0 rings (SSSR count). The van der Waals surface area contributed by atoms with Crippen molar-refractivity contribution in [2.24, 2.45) is 5.73 Å². The Morgan fingerprint density at radius 1 is 1.31 bits per heavy atom. The highest BCUT2D eigenvalue weighted by atomic mass is 31.2. The van der Waals surface area contributed by atoms with Crippen LogP contribution in [-0.4, -0.2) is 62.9 Å². The molecule has 0 bridgehead atoms. The summed E-state index contributed by atoms with van der Waals surface area (Å²) in [6, 6.07) is 0. The van der Waals surface area contributed by atoms with Gasteiger partial charge >= 0.3 is 0 Å². The molecule has 0 radical (unpaired) electrons. The van der Waals surface area contributed by atoms with Crippen molar-refractivity contribution >= 4 is 7.82 Å². The number of hydrogen-bond acceptors (Lipinski definition) is 5. The summed E-state index contributed by atoms with van der Waals surface area (Å²) in [4.78, 5) is 18.7. The van der Waals surface area contributed by atoms with Gasteiger partial charge in [-0.1, -0.05) is 0 Å². The zero-order chi connectivity index (χ0) is 12.7. The van der Waals surface area contributed by atoms with Gasteiger partial charge in [0.1, 0.15) is 19.7 Å². The van der Waals surface area contributed by atoms with E-state index in [0.29, 0.717) is 30.8 Å². The van der Waals surface area contributed by atoms with Gasteiger partial charge < -0.3 is 29.3 Å². The second-order valence-corrected chi connectivity index (χ2v) is 5.28. The van der Waals surface area contributed by atoms with Crippen LogP contribution in [0, 0.1) is 0 Å². The molecule has 0 aliphatic heterocycles. The third kappa shape index (κ3) is 10.5. The van der Waals surface area contributed by atoms with Crippen LogP contribution in [-0.2, 0) is 13.8 Å². The maximum atomic E-state index is 10.3. The van der Waals surface area contributed by atoms with Gasteiger partial charge in [-0.25, -0.2) is 0 Å². The van der Waals surface area contributed by atoms with Crippen LogP contribution in [0.4, 0.5) is 0 Å². The lowest BCUT2D eigenvalue weighted by molar-refractivity contribution is -0.890. The van der Waals surface area contributed by atoms with E-state index in [2.05, 4.69) is 4.52 Å². The van der Waals surface area contributed by atoms with Gasteiger partial charge in [0.2, 0.25) is 0 Å². The summed E-state index contributed by atoms with van der Waals surface area (Å²) in [5.41, 5.74) is 5.26. The van der Waals surface area contributed by atoms with E-state index >= 15 is 0 Å². The van der Waals surface area contributed by atoms with Crippen molar-refractivity contribution in [1.82, 2.24) is 0 Å². The van der Waals surface area contributed by atoms with E-state index in [0.717, 1.165) is 6.54 Å². The lowest BCUT2D eigenvalue weighted by atomic mass is 10.4. The standard InChI is InChI=1S/C8H21N2O5P/c1-10(2,4-7-14-6-3-9)5-8-15-16(11,12)13/h3-9H2,1-2H3,(H-,11,12,13). The number of rotatable bonds is 9. The minimum Gasteiger partial charge on any atom is -0.756 e. The lowest BCUT2D eigenvalue weighted by Gasteiger charge is -2.30. The molecule has 0 amide bonds. The highest BCUT2D eigenvalue weighted by Gasteiger charge is 2.15. The first-order chi connectivity index (χ1) is 7.27. The number of nitrogens with two attached hydrogens (primary N) is 1. The van der Waals surface area contributed by atoms with Gasteiger partial charge in [-0.05, 0) is 0 Å². The first kappa shape index (κ1) is 16.0. The molecule has 16 heavy (non-hydrogen) atoms. The summed E-state index contributed by atoms with van der Waals surface area (Å²) in [5.74, 6) is 0. The molecule has 0 spiro atoms. The summed E-state index contributed by atoms with van der Waals surface area (Å²) in [7, 11) is -0.758. The number of nitrogens with zero attached hydrogens (tertiary/aromatic N) is 1. The molecule has 0 aromatic carbocycles. The van der Waals surface area contributed by atoms with E-state index in [4.69, 9.17) is 15.4 Å². The van der Waals surface area contributed by atoms with E-state index in [1.807, 2.05) is 14.1 Å². The largest absolute Gasteiger partial charge is 0.756 e. The Balaban J connectivity index is 3.65. The fraction of sp³-hybridized carbons (Fsp3) is 1.00. The molecule has 1 unspecified atom stereocenters. The van der Waals surface area contributed by atoms with Gasteiger partial charge in [0, 0.05) is 6.54 Å². The van der Waals surface area contributed by atoms with E-state index in [1.54, 1.807) is 0 Å². The van der Waals surface area contributed by atoms with E-state index < -0.39 is 7.82 Å².